The fraction of sp³-hybridized carbons (Fsp3) is 0.415. The molecule has 0 aliphatic carbocycles. The molecule has 3 aromatic rings. The number of aliphatic hydroxyl groups excluding tert-OH is 1. The van der Waals surface area contributed by atoms with Crippen LogP contribution in [0.3, 0.4) is 0 Å². The van der Waals surface area contributed by atoms with Gasteiger partial charge < -0.3 is 29.7 Å². The van der Waals surface area contributed by atoms with Crippen LogP contribution in [0, 0.1) is 17.8 Å². The van der Waals surface area contributed by atoms with E-state index in [1.807, 2.05) is 98.8 Å². The number of fused-ring (bicyclic) bond motifs is 3. The summed E-state index contributed by atoms with van der Waals surface area (Å²) in [6, 6.07) is 20.4. The van der Waals surface area contributed by atoms with E-state index in [9.17, 15) is 19.5 Å². The third kappa shape index (κ3) is 6.25. The maximum Gasteiger partial charge on any atom is 0.313 e. The lowest BCUT2D eigenvalue weighted by Gasteiger charge is -2.39. The molecule has 3 aromatic carbocycles. The zero-order valence-electron chi connectivity index (χ0n) is 29.2. The maximum absolute atomic E-state index is 15.3. The van der Waals surface area contributed by atoms with Crippen molar-refractivity contribution in [3.05, 3.63) is 103 Å². The topological polar surface area (TPSA) is 125 Å². The van der Waals surface area contributed by atoms with Gasteiger partial charge in [0.25, 0.3) is 5.91 Å². The fourth-order valence-electron chi connectivity index (χ4n) is 8.40. The first-order valence-corrected chi connectivity index (χ1v) is 17.9. The number of rotatable bonds is 6. The largest absolute Gasteiger partial charge is 0.455 e. The van der Waals surface area contributed by atoms with E-state index in [4.69, 9.17) is 9.47 Å². The van der Waals surface area contributed by atoms with Gasteiger partial charge in [-0.1, -0.05) is 98.8 Å². The van der Waals surface area contributed by atoms with Crippen molar-refractivity contribution in [2.75, 3.05) is 18.1 Å². The van der Waals surface area contributed by atoms with Gasteiger partial charge in [-0.15, -0.1) is 0 Å². The number of hydrogen-bond acceptors (Lipinski definition) is 7. The Morgan fingerprint density at radius 2 is 1.69 bits per heavy atom. The third-order valence-corrected chi connectivity index (χ3v) is 10.7. The Hall–Kier alpha value is -4.80. The number of anilines is 1. The smallest absolute Gasteiger partial charge is 0.313 e. The van der Waals surface area contributed by atoms with Crippen molar-refractivity contribution < 1.29 is 33.8 Å². The maximum atomic E-state index is 15.3. The van der Waals surface area contributed by atoms with E-state index >= 15 is 4.79 Å². The van der Waals surface area contributed by atoms with Gasteiger partial charge in [-0.25, -0.2) is 0 Å². The van der Waals surface area contributed by atoms with Gasteiger partial charge in [0.1, 0.15) is 23.7 Å². The summed E-state index contributed by atoms with van der Waals surface area (Å²) in [6.07, 6.45) is 6.70. The van der Waals surface area contributed by atoms with Crippen LogP contribution in [0.25, 0.3) is 10.8 Å². The first-order chi connectivity index (χ1) is 24.6. The second-order valence-electron chi connectivity index (χ2n) is 14.5. The minimum atomic E-state index is -1.46. The van der Waals surface area contributed by atoms with Crippen LogP contribution >= 0.6 is 0 Å². The summed E-state index contributed by atoms with van der Waals surface area (Å²) in [7, 11) is 0. The summed E-state index contributed by atoms with van der Waals surface area (Å²) >= 11 is 0. The highest BCUT2D eigenvalue weighted by Crippen LogP contribution is 2.56. The second-order valence-corrected chi connectivity index (χ2v) is 14.5. The quantitative estimate of drug-likeness (QED) is 0.279. The normalized spacial score (nSPS) is 30.8. The van der Waals surface area contributed by atoms with E-state index in [0.29, 0.717) is 24.1 Å². The van der Waals surface area contributed by atoms with Crippen LogP contribution < -0.4 is 10.2 Å². The number of carbonyl (C=O) groups is 4. The molecule has 51 heavy (non-hydrogen) atoms. The zero-order valence-corrected chi connectivity index (χ0v) is 29.2. The van der Waals surface area contributed by atoms with Crippen LogP contribution in [0.15, 0.2) is 97.1 Å². The minimum absolute atomic E-state index is 0.102. The molecule has 2 saturated heterocycles. The number of allylic oxidation sites excluding steroid dienone is 1. The number of nitrogens with one attached hydrogen (secondary N) is 1. The number of benzene rings is 3. The lowest BCUT2D eigenvalue weighted by atomic mass is 9.74. The summed E-state index contributed by atoms with van der Waals surface area (Å²) in [6.45, 7) is 5.60. The van der Waals surface area contributed by atoms with Crippen LogP contribution in [0.1, 0.15) is 51.7 Å². The number of ether oxygens (including phenoxy) is 2. The van der Waals surface area contributed by atoms with E-state index in [1.165, 1.54) is 4.90 Å². The number of aliphatic hydroxyl groups is 1. The molecule has 4 aliphatic heterocycles. The van der Waals surface area contributed by atoms with Gasteiger partial charge >= 0.3 is 5.97 Å². The molecule has 5 bridgehead atoms. The molecule has 10 nitrogen and oxygen atoms in total. The number of nitrogens with zero attached hydrogens (tertiary/aromatic N) is 2. The Kier molecular flexibility index (Phi) is 9.56. The molecular weight excluding hydrogens is 646 g/mol. The molecule has 0 radical (unpaired) electrons. The molecule has 7 rings (SSSR count). The van der Waals surface area contributed by atoms with Crippen molar-refractivity contribution in [3.63, 3.8) is 0 Å². The van der Waals surface area contributed by atoms with Crippen LogP contribution in [0.5, 0.6) is 0 Å². The summed E-state index contributed by atoms with van der Waals surface area (Å²) in [5.41, 5.74) is -0.133. The zero-order chi connectivity index (χ0) is 35.9. The minimum Gasteiger partial charge on any atom is -0.455 e. The fourth-order valence-corrected chi connectivity index (χ4v) is 8.40. The third-order valence-electron chi connectivity index (χ3n) is 10.7. The first kappa shape index (κ1) is 34.6. The predicted molar refractivity (Wildman–Crippen MR) is 192 cm³/mol. The molecule has 0 unspecified atom stereocenters. The van der Waals surface area contributed by atoms with Gasteiger partial charge in [-0.2, -0.15) is 0 Å². The molecule has 2 fully saturated rings. The summed E-state index contributed by atoms with van der Waals surface area (Å²) in [4.78, 5) is 60.7. The SMILES string of the molecule is CC(C)C[C@H](CO)N1C(=O)[C@@H]2[C@H]3C(=O)O[C@@H](c4ccccc4)[C@H](C)NC(=O)CC/C=C\CN(c4ccc5ccccc5c4)C(=O)[C@@H]1[C@]21C=C[C@H]3O1. The molecule has 266 valence electrons. The molecule has 0 saturated carbocycles. The van der Waals surface area contributed by atoms with Gasteiger partial charge in [0.2, 0.25) is 11.8 Å². The van der Waals surface area contributed by atoms with Crippen molar-refractivity contribution in [3.8, 4) is 0 Å². The van der Waals surface area contributed by atoms with Gasteiger partial charge in [-0.3, -0.25) is 19.2 Å². The van der Waals surface area contributed by atoms with Gasteiger partial charge in [0, 0.05) is 18.7 Å². The highest BCUT2D eigenvalue weighted by molar-refractivity contribution is 6.06. The molecule has 3 amide bonds. The second kappa shape index (κ2) is 14.1. The van der Waals surface area contributed by atoms with Gasteiger partial charge in [0.15, 0.2) is 0 Å². The summed E-state index contributed by atoms with van der Waals surface area (Å²) in [5.74, 6) is -3.65. The van der Waals surface area contributed by atoms with Crippen LogP contribution in [-0.2, 0) is 28.7 Å². The number of hydrogen-bond donors (Lipinski definition) is 2. The van der Waals surface area contributed by atoms with E-state index in [1.54, 1.807) is 24.0 Å². The monoisotopic (exact) mass is 691 g/mol. The highest BCUT2D eigenvalue weighted by Gasteiger charge is 2.74. The van der Waals surface area contributed by atoms with E-state index < -0.39 is 59.6 Å². The number of amides is 3. The average Bonchev–Trinajstić information content (AvgIpc) is 3.77. The molecule has 0 aromatic heterocycles. The molecule has 8 atom stereocenters. The predicted octanol–water partition coefficient (Wildman–Crippen LogP) is 4.87. The highest BCUT2D eigenvalue weighted by atomic mass is 16.6. The molecule has 4 heterocycles. The van der Waals surface area contributed by atoms with E-state index in [-0.39, 0.29) is 37.3 Å². The first-order valence-electron chi connectivity index (χ1n) is 17.9. The molecular formula is C41H45N3O7. The standard InChI is InChI=1S/C41H45N3O7/c1-25(2)22-31(24-45)44-37-39(48)43(30-18-17-27-12-9-10-15-29(27)23-30)21-11-5-8-16-33(46)42-26(3)36(28-13-6-4-7-14-28)50-40(49)34-32-19-20-41(37,51-32)35(34)38(44)47/h4-7,9-15,17-20,23,25-26,31-32,34-37,45H,8,16,21-22,24H2,1-3H3,(H,42,46)/b11-5-/t26-,31+,32+,34-,35-,36+,37+,41-/m0/s1. The summed E-state index contributed by atoms with van der Waals surface area (Å²) < 4.78 is 12.9. The van der Waals surface area contributed by atoms with Crippen molar-refractivity contribution in [2.45, 2.75) is 76.0 Å². The van der Waals surface area contributed by atoms with E-state index in [0.717, 1.165) is 10.8 Å². The van der Waals surface area contributed by atoms with Gasteiger partial charge in [-0.05, 0) is 54.2 Å². The molecule has 4 aliphatic rings. The molecule has 1 spiro atoms. The van der Waals surface area contributed by atoms with Crippen molar-refractivity contribution in [1.82, 2.24) is 10.2 Å². The summed E-state index contributed by atoms with van der Waals surface area (Å²) in [5, 5.41) is 15.7. The number of likely N-dealkylation sites (tertiary alicyclic amines) is 1. The van der Waals surface area contributed by atoms with Crippen LogP contribution in [0.4, 0.5) is 5.69 Å². The van der Waals surface area contributed by atoms with Crippen molar-refractivity contribution in [2.24, 2.45) is 17.8 Å². The Morgan fingerprint density at radius 1 is 0.941 bits per heavy atom. The van der Waals surface area contributed by atoms with Gasteiger partial charge in [0.05, 0.1) is 30.7 Å². The lowest BCUT2D eigenvalue weighted by Crippen LogP contribution is -2.59. The Labute approximate surface area is 298 Å². The van der Waals surface area contributed by atoms with Crippen LogP contribution in [0.2, 0.25) is 0 Å². The Bertz CT molecular complexity index is 1870. The van der Waals surface area contributed by atoms with Crippen molar-refractivity contribution in [1.29, 1.82) is 0 Å². The Balaban J connectivity index is 1.36. The Morgan fingerprint density at radius 3 is 2.43 bits per heavy atom. The average molecular weight is 692 g/mol. The van der Waals surface area contributed by atoms with E-state index in [2.05, 4.69) is 5.32 Å². The lowest BCUT2D eigenvalue weighted by molar-refractivity contribution is -0.161. The van der Waals surface area contributed by atoms with Crippen molar-refractivity contribution >= 4 is 40.2 Å². The molecule has 2 N–H and O–H groups in total. The number of carbonyl (C=O) groups excluding carboxylic acids is 4. The number of cyclic esters (lactones) is 1. The number of esters is 1. The molecule has 10 heteroatoms. The van der Waals surface area contributed by atoms with Crippen LogP contribution in [-0.4, -0.2) is 76.7 Å².